The average molecular weight is 362 g/mol. The van der Waals surface area contributed by atoms with Crippen molar-refractivity contribution in [3.05, 3.63) is 52.8 Å². The van der Waals surface area contributed by atoms with Crippen molar-refractivity contribution in [2.24, 2.45) is 0 Å². The molecule has 0 spiro atoms. The van der Waals surface area contributed by atoms with Crippen molar-refractivity contribution >= 4 is 39.1 Å². The second kappa shape index (κ2) is 7.70. The minimum Gasteiger partial charge on any atom is -0.326 e. The third-order valence-corrected chi connectivity index (χ3v) is 3.28. The molecule has 1 heterocycles. The molecular weight excluding hydrogens is 346 g/mol. The van der Waals surface area contributed by atoms with Gasteiger partial charge in [0.1, 0.15) is 0 Å². The molecule has 1 aromatic carbocycles. The summed E-state index contributed by atoms with van der Waals surface area (Å²) in [6, 6.07) is 8.73. The highest BCUT2D eigenvalue weighted by Gasteiger charge is 2.08. The number of carbonyl (C=O) groups excluding carboxylic acids is 2. The van der Waals surface area contributed by atoms with E-state index in [4.69, 9.17) is 0 Å². The van der Waals surface area contributed by atoms with Crippen LogP contribution < -0.4 is 10.6 Å². The lowest BCUT2D eigenvalue weighted by atomic mass is 10.2. The van der Waals surface area contributed by atoms with E-state index in [-0.39, 0.29) is 11.8 Å². The zero-order valence-corrected chi connectivity index (χ0v) is 13.7. The summed E-state index contributed by atoms with van der Waals surface area (Å²) in [7, 11) is 0. The molecule has 5 nitrogen and oxygen atoms in total. The Balaban J connectivity index is 2.07. The van der Waals surface area contributed by atoms with Gasteiger partial charge in [-0.3, -0.25) is 14.6 Å². The van der Waals surface area contributed by atoms with Crippen LogP contribution in [0.15, 0.2) is 47.2 Å². The maximum absolute atomic E-state index is 12.1. The summed E-state index contributed by atoms with van der Waals surface area (Å²) >= 11 is 3.28. The molecule has 0 saturated heterocycles. The number of carbonyl (C=O) groups is 2. The number of aromatic nitrogens is 1. The normalized spacial score (nSPS) is 10.1. The number of nitrogens with one attached hydrogen (secondary N) is 2. The number of pyridine rings is 1. The van der Waals surface area contributed by atoms with Gasteiger partial charge in [0.25, 0.3) is 5.91 Å². The fourth-order valence-corrected chi connectivity index (χ4v) is 2.23. The highest BCUT2D eigenvalue weighted by atomic mass is 79.9. The summed E-state index contributed by atoms with van der Waals surface area (Å²) in [4.78, 5) is 27.7. The lowest BCUT2D eigenvalue weighted by Crippen LogP contribution is -2.13. The molecule has 0 aliphatic heterocycles. The highest BCUT2D eigenvalue weighted by Crippen LogP contribution is 2.17. The molecule has 2 amide bonds. The van der Waals surface area contributed by atoms with Crippen LogP contribution in [0.25, 0.3) is 0 Å². The predicted molar refractivity (Wildman–Crippen MR) is 89.9 cm³/mol. The first-order valence-corrected chi connectivity index (χ1v) is 7.69. The largest absolute Gasteiger partial charge is 0.326 e. The maximum Gasteiger partial charge on any atom is 0.257 e. The lowest BCUT2D eigenvalue weighted by molar-refractivity contribution is -0.116. The van der Waals surface area contributed by atoms with E-state index in [2.05, 4.69) is 31.5 Å². The Morgan fingerprint density at radius 1 is 1.14 bits per heavy atom. The number of anilines is 2. The molecule has 114 valence electrons. The van der Waals surface area contributed by atoms with Gasteiger partial charge in [0.2, 0.25) is 5.91 Å². The molecule has 0 fully saturated rings. The van der Waals surface area contributed by atoms with Gasteiger partial charge in [0.15, 0.2) is 0 Å². The van der Waals surface area contributed by atoms with Crippen molar-refractivity contribution in [1.82, 2.24) is 4.98 Å². The van der Waals surface area contributed by atoms with Crippen molar-refractivity contribution < 1.29 is 9.59 Å². The van der Waals surface area contributed by atoms with Gasteiger partial charge in [-0.1, -0.05) is 13.0 Å². The minimum atomic E-state index is -0.258. The topological polar surface area (TPSA) is 71.1 Å². The van der Waals surface area contributed by atoms with Crippen LogP contribution in [0.5, 0.6) is 0 Å². The van der Waals surface area contributed by atoms with Crippen LogP contribution in [0.1, 0.15) is 30.1 Å². The summed E-state index contributed by atoms with van der Waals surface area (Å²) < 4.78 is 0.737. The van der Waals surface area contributed by atoms with Gasteiger partial charge in [-0.05, 0) is 46.6 Å². The molecule has 2 rings (SSSR count). The van der Waals surface area contributed by atoms with Crippen LogP contribution in [-0.2, 0) is 4.79 Å². The zero-order valence-electron chi connectivity index (χ0n) is 12.1. The van der Waals surface area contributed by atoms with Crippen molar-refractivity contribution in [2.45, 2.75) is 19.8 Å². The van der Waals surface area contributed by atoms with E-state index >= 15 is 0 Å². The highest BCUT2D eigenvalue weighted by molar-refractivity contribution is 9.10. The summed E-state index contributed by atoms with van der Waals surface area (Å²) in [5, 5.41) is 5.58. The van der Waals surface area contributed by atoms with E-state index in [1.807, 2.05) is 6.92 Å². The summed E-state index contributed by atoms with van der Waals surface area (Å²) in [6.45, 7) is 1.95. The van der Waals surface area contributed by atoms with Crippen LogP contribution in [0.3, 0.4) is 0 Å². The number of amides is 2. The number of hydrogen-bond acceptors (Lipinski definition) is 3. The van der Waals surface area contributed by atoms with E-state index in [0.717, 1.165) is 10.9 Å². The van der Waals surface area contributed by atoms with Gasteiger partial charge in [-0.15, -0.1) is 0 Å². The number of rotatable bonds is 5. The number of nitrogens with zero attached hydrogens (tertiary/aromatic N) is 1. The number of benzene rings is 1. The van der Waals surface area contributed by atoms with Crippen LogP contribution in [0.4, 0.5) is 11.4 Å². The van der Waals surface area contributed by atoms with Gasteiger partial charge in [0.05, 0.1) is 5.56 Å². The lowest BCUT2D eigenvalue weighted by Gasteiger charge is -2.08. The molecule has 0 aliphatic carbocycles. The molecule has 0 unspecified atom stereocenters. The molecule has 0 radical (unpaired) electrons. The molecule has 0 bridgehead atoms. The Morgan fingerprint density at radius 3 is 2.55 bits per heavy atom. The summed E-state index contributed by atoms with van der Waals surface area (Å²) in [5.74, 6) is -0.298. The number of hydrogen-bond donors (Lipinski definition) is 2. The van der Waals surface area contributed by atoms with Crippen molar-refractivity contribution in [1.29, 1.82) is 0 Å². The van der Waals surface area contributed by atoms with Crippen LogP contribution in [0.2, 0.25) is 0 Å². The first-order chi connectivity index (χ1) is 10.6. The van der Waals surface area contributed by atoms with Crippen molar-refractivity contribution in [3.63, 3.8) is 0 Å². The fraction of sp³-hybridized carbons (Fsp3) is 0.188. The molecule has 2 aromatic rings. The zero-order chi connectivity index (χ0) is 15.9. The SMILES string of the molecule is CCCC(=O)Nc1cccc(NC(=O)c2cncc(Br)c2)c1. The molecule has 0 aliphatic rings. The standard InChI is InChI=1S/C16H16BrN3O2/c1-2-4-15(21)19-13-5-3-6-14(8-13)20-16(22)11-7-12(17)10-18-9-11/h3,5-10H,2,4H2,1H3,(H,19,21)(H,20,22). The van der Waals surface area contributed by atoms with Gasteiger partial charge >= 0.3 is 0 Å². The Morgan fingerprint density at radius 2 is 1.86 bits per heavy atom. The molecule has 2 N–H and O–H groups in total. The van der Waals surface area contributed by atoms with Gasteiger partial charge in [-0.2, -0.15) is 0 Å². The molecule has 0 atom stereocenters. The predicted octanol–water partition coefficient (Wildman–Crippen LogP) is 3.84. The van der Waals surface area contributed by atoms with Gasteiger partial charge in [-0.25, -0.2) is 0 Å². The second-order valence-electron chi connectivity index (χ2n) is 4.72. The van der Waals surface area contributed by atoms with Crippen molar-refractivity contribution in [3.8, 4) is 0 Å². The van der Waals surface area contributed by atoms with E-state index in [0.29, 0.717) is 23.4 Å². The van der Waals surface area contributed by atoms with Crippen LogP contribution in [0, 0.1) is 0 Å². The molecule has 6 heteroatoms. The smallest absolute Gasteiger partial charge is 0.257 e. The third kappa shape index (κ3) is 4.66. The van der Waals surface area contributed by atoms with E-state index in [9.17, 15) is 9.59 Å². The van der Waals surface area contributed by atoms with E-state index < -0.39 is 0 Å². The van der Waals surface area contributed by atoms with Crippen LogP contribution >= 0.6 is 15.9 Å². The number of halogens is 1. The molecule has 22 heavy (non-hydrogen) atoms. The maximum atomic E-state index is 12.1. The second-order valence-corrected chi connectivity index (χ2v) is 5.64. The fourth-order valence-electron chi connectivity index (χ4n) is 1.86. The Labute approximate surface area is 137 Å². The molecular formula is C16H16BrN3O2. The Hall–Kier alpha value is -2.21. The summed E-state index contributed by atoms with van der Waals surface area (Å²) in [6.07, 6.45) is 4.37. The molecule has 0 saturated carbocycles. The quantitative estimate of drug-likeness (QED) is 0.849. The van der Waals surface area contributed by atoms with Gasteiger partial charge < -0.3 is 10.6 Å². The van der Waals surface area contributed by atoms with Crippen molar-refractivity contribution in [2.75, 3.05) is 10.6 Å². The van der Waals surface area contributed by atoms with Crippen LogP contribution in [-0.4, -0.2) is 16.8 Å². The monoisotopic (exact) mass is 361 g/mol. The third-order valence-electron chi connectivity index (χ3n) is 2.85. The Bertz CT molecular complexity index is 689. The average Bonchev–Trinajstić information content (AvgIpc) is 2.47. The Kier molecular flexibility index (Phi) is 5.66. The van der Waals surface area contributed by atoms with E-state index in [1.54, 1.807) is 36.5 Å². The summed E-state index contributed by atoms with van der Waals surface area (Å²) in [5.41, 5.74) is 1.72. The first-order valence-electron chi connectivity index (χ1n) is 6.90. The molecule has 1 aromatic heterocycles. The minimum absolute atomic E-state index is 0.0397. The van der Waals surface area contributed by atoms with Gasteiger partial charge in [0, 0.05) is 34.7 Å². The first kappa shape index (κ1) is 16.2. The van der Waals surface area contributed by atoms with E-state index in [1.165, 1.54) is 6.20 Å².